The molecular formula is C17H22N2O2. The molecule has 1 heterocycles. The standard InChI is InChI=1S/C17H22N2O2/c1-4-9-19-10-7-14(8-11-19)18-16-6-5-13(2)12-15(16)17(20)21-3/h1,5-6,12,14,18H,7-11H2,2-3H3. The number of aryl methyl sites for hydroxylation is 1. The van der Waals surface area contributed by atoms with E-state index in [9.17, 15) is 4.79 Å². The number of hydrogen-bond donors (Lipinski definition) is 1. The molecule has 0 saturated carbocycles. The van der Waals surface area contributed by atoms with E-state index in [0.29, 0.717) is 18.2 Å². The largest absolute Gasteiger partial charge is 0.465 e. The van der Waals surface area contributed by atoms with Crippen LogP contribution in [0.2, 0.25) is 0 Å². The van der Waals surface area contributed by atoms with Gasteiger partial charge in [0.25, 0.3) is 0 Å². The molecule has 1 aliphatic heterocycles. The van der Waals surface area contributed by atoms with Gasteiger partial charge in [-0.1, -0.05) is 17.6 Å². The lowest BCUT2D eigenvalue weighted by Crippen LogP contribution is -2.39. The third kappa shape index (κ3) is 3.99. The second-order valence-corrected chi connectivity index (χ2v) is 5.44. The third-order valence-corrected chi connectivity index (χ3v) is 3.84. The molecule has 1 fully saturated rings. The summed E-state index contributed by atoms with van der Waals surface area (Å²) in [5.74, 6) is 2.38. The van der Waals surface area contributed by atoms with E-state index in [0.717, 1.165) is 37.2 Å². The number of benzene rings is 1. The van der Waals surface area contributed by atoms with Gasteiger partial charge in [-0.05, 0) is 31.9 Å². The zero-order valence-corrected chi connectivity index (χ0v) is 12.7. The molecule has 1 N–H and O–H groups in total. The number of terminal acetylenes is 1. The van der Waals surface area contributed by atoms with E-state index in [1.165, 1.54) is 7.11 Å². The molecule has 0 unspecified atom stereocenters. The smallest absolute Gasteiger partial charge is 0.339 e. The second-order valence-electron chi connectivity index (χ2n) is 5.44. The maximum absolute atomic E-state index is 11.9. The zero-order chi connectivity index (χ0) is 15.2. The number of carbonyl (C=O) groups is 1. The Kier molecular flexibility index (Phi) is 5.24. The number of likely N-dealkylation sites (tertiary alicyclic amines) is 1. The van der Waals surface area contributed by atoms with Crippen molar-refractivity contribution >= 4 is 11.7 Å². The Morgan fingerprint density at radius 3 is 2.81 bits per heavy atom. The van der Waals surface area contributed by atoms with Crippen molar-refractivity contribution in [1.29, 1.82) is 0 Å². The van der Waals surface area contributed by atoms with Crippen molar-refractivity contribution in [3.63, 3.8) is 0 Å². The number of ether oxygens (including phenoxy) is 1. The lowest BCUT2D eigenvalue weighted by Gasteiger charge is -2.32. The molecule has 0 aromatic heterocycles. The van der Waals surface area contributed by atoms with Crippen LogP contribution in [0.1, 0.15) is 28.8 Å². The molecular weight excluding hydrogens is 264 g/mol. The number of hydrogen-bond acceptors (Lipinski definition) is 4. The van der Waals surface area contributed by atoms with Crippen LogP contribution >= 0.6 is 0 Å². The third-order valence-electron chi connectivity index (χ3n) is 3.84. The average Bonchev–Trinajstić information content (AvgIpc) is 2.50. The molecule has 1 aromatic rings. The van der Waals surface area contributed by atoms with E-state index in [4.69, 9.17) is 11.2 Å². The highest BCUT2D eigenvalue weighted by Gasteiger charge is 2.20. The molecule has 1 saturated heterocycles. The van der Waals surface area contributed by atoms with Crippen LogP contribution in [0.25, 0.3) is 0 Å². The summed E-state index contributed by atoms with van der Waals surface area (Å²) in [6, 6.07) is 6.18. The molecule has 1 aliphatic rings. The van der Waals surface area contributed by atoms with Crippen LogP contribution in [0.5, 0.6) is 0 Å². The monoisotopic (exact) mass is 286 g/mol. The van der Waals surface area contributed by atoms with Gasteiger partial charge in [0.05, 0.1) is 19.2 Å². The molecule has 2 rings (SSSR count). The number of anilines is 1. The first-order valence-electron chi connectivity index (χ1n) is 7.25. The van der Waals surface area contributed by atoms with E-state index in [1.807, 2.05) is 25.1 Å². The van der Waals surface area contributed by atoms with Crippen LogP contribution < -0.4 is 5.32 Å². The second kappa shape index (κ2) is 7.14. The van der Waals surface area contributed by atoms with Gasteiger partial charge < -0.3 is 10.1 Å². The van der Waals surface area contributed by atoms with Crippen LogP contribution in [0.4, 0.5) is 5.69 Å². The average molecular weight is 286 g/mol. The van der Waals surface area contributed by atoms with Crippen molar-refractivity contribution in [3.05, 3.63) is 29.3 Å². The van der Waals surface area contributed by atoms with Gasteiger partial charge in [-0.25, -0.2) is 4.79 Å². The summed E-state index contributed by atoms with van der Waals surface area (Å²) in [7, 11) is 1.41. The Balaban J connectivity index is 2.04. The molecule has 112 valence electrons. The van der Waals surface area contributed by atoms with Gasteiger partial charge >= 0.3 is 5.97 Å². The summed E-state index contributed by atoms with van der Waals surface area (Å²) in [4.78, 5) is 14.1. The van der Waals surface area contributed by atoms with Gasteiger partial charge in [0.15, 0.2) is 0 Å². The van der Waals surface area contributed by atoms with Crippen LogP contribution in [-0.4, -0.2) is 43.7 Å². The summed E-state index contributed by atoms with van der Waals surface area (Å²) >= 11 is 0. The van der Waals surface area contributed by atoms with Gasteiger partial charge in [0.1, 0.15) is 0 Å². The highest BCUT2D eigenvalue weighted by Crippen LogP contribution is 2.22. The van der Waals surface area contributed by atoms with Gasteiger partial charge in [-0.15, -0.1) is 6.42 Å². The summed E-state index contributed by atoms with van der Waals surface area (Å²) in [5, 5.41) is 3.48. The molecule has 0 amide bonds. The van der Waals surface area contributed by atoms with E-state index in [1.54, 1.807) is 0 Å². The molecule has 0 spiro atoms. The molecule has 4 heteroatoms. The first-order chi connectivity index (χ1) is 10.1. The van der Waals surface area contributed by atoms with Crippen molar-refractivity contribution < 1.29 is 9.53 Å². The van der Waals surface area contributed by atoms with Crippen molar-refractivity contribution in [2.24, 2.45) is 0 Å². The quantitative estimate of drug-likeness (QED) is 0.681. The number of carbonyl (C=O) groups excluding carboxylic acids is 1. The minimum atomic E-state index is -0.300. The zero-order valence-electron chi connectivity index (χ0n) is 12.7. The highest BCUT2D eigenvalue weighted by atomic mass is 16.5. The normalized spacial score (nSPS) is 16.2. The Labute approximate surface area is 126 Å². The Morgan fingerprint density at radius 2 is 2.19 bits per heavy atom. The van der Waals surface area contributed by atoms with Gasteiger partial charge in [0.2, 0.25) is 0 Å². The van der Waals surface area contributed by atoms with Crippen molar-refractivity contribution in [1.82, 2.24) is 4.90 Å². The number of esters is 1. The van der Waals surface area contributed by atoms with Gasteiger partial charge in [-0.3, -0.25) is 4.90 Å². The lowest BCUT2D eigenvalue weighted by atomic mass is 10.0. The Morgan fingerprint density at radius 1 is 1.48 bits per heavy atom. The Hall–Kier alpha value is -1.99. The summed E-state index contributed by atoms with van der Waals surface area (Å²) in [6.45, 7) is 4.65. The van der Waals surface area contributed by atoms with Crippen LogP contribution in [0.3, 0.4) is 0 Å². The number of piperidine rings is 1. The maximum atomic E-state index is 11.9. The SMILES string of the molecule is C#CCN1CCC(Nc2ccc(C)cc2C(=O)OC)CC1. The van der Waals surface area contributed by atoms with Crippen LogP contribution in [-0.2, 0) is 4.74 Å². The number of methoxy groups -OCH3 is 1. The molecule has 0 atom stereocenters. The Bertz CT molecular complexity index is 540. The van der Waals surface area contributed by atoms with E-state index in [2.05, 4.69) is 16.1 Å². The van der Waals surface area contributed by atoms with Gasteiger partial charge in [-0.2, -0.15) is 0 Å². The summed E-state index contributed by atoms with van der Waals surface area (Å²) in [6.07, 6.45) is 7.39. The van der Waals surface area contributed by atoms with Gasteiger partial charge in [0, 0.05) is 24.8 Å². The summed E-state index contributed by atoms with van der Waals surface area (Å²) in [5.41, 5.74) is 2.50. The van der Waals surface area contributed by atoms with E-state index < -0.39 is 0 Å². The minimum absolute atomic E-state index is 0.300. The molecule has 21 heavy (non-hydrogen) atoms. The van der Waals surface area contributed by atoms with Crippen molar-refractivity contribution in [2.75, 3.05) is 32.1 Å². The van der Waals surface area contributed by atoms with Crippen molar-refractivity contribution in [2.45, 2.75) is 25.8 Å². The van der Waals surface area contributed by atoms with E-state index in [-0.39, 0.29) is 5.97 Å². The fourth-order valence-corrected chi connectivity index (χ4v) is 2.65. The molecule has 0 bridgehead atoms. The van der Waals surface area contributed by atoms with Crippen molar-refractivity contribution in [3.8, 4) is 12.3 Å². The predicted molar refractivity (Wildman–Crippen MR) is 84.4 cm³/mol. The minimum Gasteiger partial charge on any atom is -0.465 e. The van der Waals surface area contributed by atoms with Crippen LogP contribution in [0.15, 0.2) is 18.2 Å². The summed E-state index contributed by atoms with van der Waals surface area (Å²) < 4.78 is 4.86. The fraction of sp³-hybridized carbons (Fsp3) is 0.471. The fourth-order valence-electron chi connectivity index (χ4n) is 2.65. The topological polar surface area (TPSA) is 41.6 Å². The first-order valence-corrected chi connectivity index (χ1v) is 7.25. The molecule has 4 nitrogen and oxygen atoms in total. The van der Waals surface area contributed by atoms with E-state index >= 15 is 0 Å². The lowest BCUT2D eigenvalue weighted by molar-refractivity contribution is 0.0601. The van der Waals surface area contributed by atoms with Crippen LogP contribution in [0, 0.1) is 19.3 Å². The number of nitrogens with zero attached hydrogens (tertiary/aromatic N) is 1. The maximum Gasteiger partial charge on any atom is 0.339 e. The number of rotatable bonds is 4. The number of nitrogens with one attached hydrogen (secondary N) is 1. The predicted octanol–water partition coefficient (Wildman–Crippen LogP) is 2.29. The molecule has 1 aromatic carbocycles. The highest BCUT2D eigenvalue weighted by molar-refractivity contribution is 5.95. The first kappa shape index (κ1) is 15.4. The molecule has 0 radical (unpaired) electrons. The molecule has 0 aliphatic carbocycles.